The van der Waals surface area contributed by atoms with E-state index < -0.39 is 0 Å². The van der Waals surface area contributed by atoms with E-state index in [0.717, 1.165) is 30.0 Å². The Hall–Kier alpha value is -2.97. The number of methoxy groups -OCH3 is 1. The predicted molar refractivity (Wildman–Crippen MR) is 93.2 cm³/mol. The highest BCUT2D eigenvalue weighted by Crippen LogP contribution is 2.28. The highest BCUT2D eigenvalue weighted by Gasteiger charge is 2.29. The van der Waals surface area contributed by atoms with Gasteiger partial charge < -0.3 is 9.64 Å². The lowest BCUT2D eigenvalue weighted by atomic mass is 9.95. The highest BCUT2D eigenvalue weighted by molar-refractivity contribution is 5.96. The fourth-order valence-electron chi connectivity index (χ4n) is 3.43. The van der Waals surface area contributed by atoms with Gasteiger partial charge in [-0.15, -0.1) is 15.3 Å². The van der Waals surface area contributed by atoms with Gasteiger partial charge in [0.2, 0.25) is 5.88 Å². The lowest BCUT2D eigenvalue weighted by Crippen LogP contribution is -2.38. The monoisotopic (exact) mass is 355 g/mol. The number of ether oxygens (including phenoxy) is 1. The number of aryl methyl sites for hydroxylation is 2. The van der Waals surface area contributed by atoms with Crippen molar-refractivity contribution < 1.29 is 9.53 Å². The molecule has 0 N–H and O–H groups in total. The summed E-state index contributed by atoms with van der Waals surface area (Å²) in [6, 6.07) is 3.85. The molecule has 136 valence electrons. The Morgan fingerprint density at radius 3 is 2.69 bits per heavy atom. The number of hydrogen-bond donors (Lipinski definition) is 0. The molecule has 1 saturated heterocycles. The smallest absolute Gasteiger partial charge is 0.260 e. The maximum absolute atomic E-state index is 12.8. The van der Waals surface area contributed by atoms with Crippen LogP contribution in [0.5, 0.6) is 5.88 Å². The normalized spacial score (nSPS) is 15.6. The van der Waals surface area contributed by atoms with Crippen molar-refractivity contribution >= 4 is 11.6 Å². The molecule has 4 heterocycles. The number of aromatic nitrogens is 6. The van der Waals surface area contributed by atoms with Crippen LogP contribution in [0.4, 0.5) is 0 Å². The molecule has 0 spiro atoms. The zero-order valence-corrected chi connectivity index (χ0v) is 15.1. The van der Waals surface area contributed by atoms with E-state index in [9.17, 15) is 4.79 Å². The molecule has 1 aliphatic rings. The van der Waals surface area contributed by atoms with Crippen molar-refractivity contribution in [3.8, 4) is 5.88 Å². The second-order valence-corrected chi connectivity index (χ2v) is 6.60. The van der Waals surface area contributed by atoms with Crippen molar-refractivity contribution in [3.05, 3.63) is 35.4 Å². The second-order valence-electron chi connectivity index (χ2n) is 6.60. The molecule has 0 saturated carbocycles. The maximum Gasteiger partial charge on any atom is 0.260 e. The summed E-state index contributed by atoms with van der Waals surface area (Å²) in [5.74, 6) is 1.42. The average molecular weight is 355 g/mol. The maximum atomic E-state index is 12.8. The molecule has 1 amide bonds. The third kappa shape index (κ3) is 2.79. The van der Waals surface area contributed by atoms with E-state index in [1.807, 2.05) is 28.5 Å². The van der Waals surface area contributed by atoms with E-state index in [1.165, 1.54) is 7.11 Å². The van der Waals surface area contributed by atoms with Crippen LogP contribution in [0.25, 0.3) is 5.65 Å². The van der Waals surface area contributed by atoms with Crippen LogP contribution in [0.2, 0.25) is 0 Å². The van der Waals surface area contributed by atoms with Gasteiger partial charge in [0.25, 0.3) is 5.91 Å². The Kier molecular flexibility index (Phi) is 4.06. The Morgan fingerprint density at radius 2 is 1.96 bits per heavy atom. The molecular formula is C17H21N7O2. The molecule has 3 aromatic rings. The third-order valence-corrected chi connectivity index (χ3v) is 4.79. The molecule has 0 atom stereocenters. The van der Waals surface area contributed by atoms with Crippen LogP contribution >= 0.6 is 0 Å². The summed E-state index contributed by atoms with van der Waals surface area (Å²) >= 11 is 0. The summed E-state index contributed by atoms with van der Waals surface area (Å²) in [4.78, 5) is 14.6. The summed E-state index contributed by atoms with van der Waals surface area (Å²) < 4.78 is 8.62. The van der Waals surface area contributed by atoms with Crippen LogP contribution < -0.4 is 4.74 Å². The highest BCUT2D eigenvalue weighted by atomic mass is 16.5. The molecule has 9 heteroatoms. The van der Waals surface area contributed by atoms with Gasteiger partial charge >= 0.3 is 0 Å². The molecule has 0 radical (unpaired) electrons. The summed E-state index contributed by atoms with van der Waals surface area (Å²) in [6.07, 6.45) is 3.35. The van der Waals surface area contributed by atoms with Crippen molar-refractivity contribution in [2.24, 2.45) is 7.05 Å². The minimum atomic E-state index is -0.0477. The van der Waals surface area contributed by atoms with E-state index in [2.05, 4.69) is 20.4 Å². The van der Waals surface area contributed by atoms with Crippen LogP contribution in [0.3, 0.4) is 0 Å². The quantitative estimate of drug-likeness (QED) is 0.701. The predicted octanol–water partition coefficient (Wildman–Crippen LogP) is 1.19. The van der Waals surface area contributed by atoms with E-state index in [0.29, 0.717) is 24.5 Å². The van der Waals surface area contributed by atoms with Crippen molar-refractivity contribution in [2.45, 2.75) is 25.7 Å². The molecule has 1 aliphatic heterocycles. The Balaban J connectivity index is 1.50. The van der Waals surface area contributed by atoms with Gasteiger partial charge in [-0.1, -0.05) is 0 Å². The van der Waals surface area contributed by atoms with Gasteiger partial charge in [0.1, 0.15) is 5.56 Å². The Morgan fingerprint density at radius 1 is 1.19 bits per heavy atom. The molecule has 0 bridgehead atoms. The van der Waals surface area contributed by atoms with Crippen molar-refractivity contribution in [1.82, 2.24) is 34.5 Å². The zero-order valence-electron chi connectivity index (χ0n) is 15.1. The van der Waals surface area contributed by atoms with Crippen LogP contribution in [0, 0.1) is 6.92 Å². The fourth-order valence-corrected chi connectivity index (χ4v) is 3.43. The summed E-state index contributed by atoms with van der Waals surface area (Å²) in [7, 11) is 3.30. The van der Waals surface area contributed by atoms with Crippen LogP contribution in [-0.2, 0) is 7.05 Å². The molecule has 0 aliphatic carbocycles. The van der Waals surface area contributed by atoms with Crippen molar-refractivity contribution in [3.63, 3.8) is 0 Å². The average Bonchev–Trinajstić information content (AvgIpc) is 3.24. The molecular weight excluding hydrogens is 334 g/mol. The van der Waals surface area contributed by atoms with Gasteiger partial charge in [-0.05, 0) is 31.9 Å². The summed E-state index contributed by atoms with van der Waals surface area (Å²) in [5, 5.41) is 17.2. The molecule has 3 aromatic heterocycles. The van der Waals surface area contributed by atoms with Crippen molar-refractivity contribution in [2.75, 3.05) is 20.2 Å². The van der Waals surface area contributed by atoms with Gasteiger partial charge in [-0.3, -0.25) is 9.48 Å². The number of fused-ring (bicyclic) bond motifs is 1. The first-order valence-corrected chi connectivity index (χ1v) is 8.62. The van der Waals surface area contributed by atoms with Crippen LogP contribution in [0.1, 0.15) is 40.6 Å². The lowest BCUT2D eigenvalue weighted by molar-refractivity contribution is 0.0707. The number of carbonyl (C=O) groups is 1. The van der Waals surface area contributed by atoms with Crippen LogP contribution in [0.15, 0.2) is 18.3 Å². The molecule has 9 nitrogen and oxygen atoms in total. The SMILES string of the molecule is COc1nn(C)cc1C(=O)N1CCC(c2nnc3ccc(C)nn23)CC1. The number of piperidine rings is 1. The zero-order chi connectivity index (χ0) is 18.3. The number of nitrogens with zero attached hydrogens (tertiary/aromatic N) is 7. The molecule has 4 rings (SSSR count). The summed E-state index contributed by atoms with van der Waals surface area (Å²) in [6.45, 7) is 3.26. The number of amides is 1. The molecule has 1 fully saturated rings. The molecule has 0 aromatic carbocycles. The Labute approximate surface area is 150 Å². The Bertz CT molecular complexity index is 953. The summed E-state index contributed by atoms with van der Waals surface area (Å²) in [5.41, 5.74) is 2.18. The number of carbonyl (C=O) groups excluding carboxylic acids is 1. The minimum absolute atomic E-state index is 0.0477. The number of hydrogen-bond acceptors (Lipinski definition) is 6. The van der Waals surface area contributed by atoms with Gasteiger partial charge in [0.05, 0.1) is 12.8 Å². The second kappa shape index (κ2) is 6.40. The first-order chi connectivity index (χ1) is 12.6. The minimum Gasteiger partial charge on any atom is -0.479 e. The number of rotatable bonds is 3. The fraction of sp³-hybridized carbons (Fsp3) is 0.471. The van der Waals surface area contributed by atoms with E-state index in [-0.39, 0.29) is 11.8 Å². The van der Waals surface area contributed by atoms with Gasteiger partial charge in [0.15, 0.2) is 11.5 Å². The van der Waals surface area contributed by atoms with E-state index in [1.54, 1.807) is 17.9 Å². The topological polar surface area (TPSA) is 90.4 Å². The first kappa shape index (κ1) is 16.5. The van der Waals surface area contributed by atoms with E-state index in [4.69, 9.17) is 4.74 Å². The van der Waals surface area contributed by atoms with Crippen LogP contribution in [-0.4, -0.2) is 60.6 Å². The first-order valence-electron chi connectivity index (χ1n) is 8.62. The largest absolute Gasteiger partial charge is 0.479 e. The van der Waals surface area contributed by atoms with Gasteiger partial charge in [-0.2, -0.15) is 9.61 Å². The standard InChI is InChI=1S/C17H21N7O2/c1-11-4-5-14-18-19-15(24(14)20-11)12-6-8-23(9-7-12)17(25)13-10-22(2)21-16(13)26-3/h4-5,10,12H,6-9H2,1-3H3. The third-order valence-electron chi connectivity index (χ3n) is 4.79. The number of likely N-dealkylation sites (tertiary alicyclic amines) is 1. The molecule has 26 heavy (non-hydrogen) atoms. The molecule has 0 unspecified atom stereocenters. The van der Waals surface area contributed by atoms with Gasteiger partial charge in [0, 0.05) is 32.3 Å². The van der Waals surface area contributed by atoms with E-state index >= 15 is 0 Å². The van der Waals surface area contributed by atoms with Gasteiger partial charge in [-0.25, -0.2) is 0 Å². The van der Waals surface area contributed by atoms with Crippen molar-refractivity contribution in [1.29, 1.82) is 0 Å². The lowest BCUT2D eigenvalue weighted by Gasteiger charge is -2.30.